The third-order valence-corrected chi connectivity index (χ3v) is 4.21. The van der Waals surface area contributed by atoms with Crippen LogP contribution in [0.1, 0.15) is 32.6 Å². The second-order valence-corrected chi connectivity index (χ2v) is 5.81. The Balaban J connectivity index is 1.87. The zero-order valence-corrected chi connectivity index (χ0v) is 11.8. The lowest BCUT2D eigenvalue weighted by Gasteiger charge is -2.37. The maximum atomic E-state index is 12.1. The van der Waals surface area contributed by atoms with Crippen molar-refractivity contribution in [1.82, 2.24) is 15.5 Å². The number of piperidine rings is 2. The molecule has 0 spiro atoms. The van der Waals surface area contributed by atoms with E-state index in [0.29, 0.717) is 25.9 Å². The molecule has 0 aliphatic carbocycles. The molecule has 2 aliphatic rings. The highest BCUT2D eigenvalue weighted by molar-refractivity contribution is 6.01. The molecule has 1 unspecified atom stereocenters. The zero-order chi connectivity index (χ0) is 15.6. The Kier molecular flexibility index (Phi) is 4.15. The number of hydrogen-bond donors (Lipinski definition) is 3. The summed E-state index contributed by atoms with van der Waals surface area (Å²) in [6.07, 6.45) is 1.25. The Labute approximate surface area is 121 Å². The summed E-state index contributed by atoms with van der Waals surface area (Å²) in [6.45, 7) is 2.34. The Morgan fingerprint density at radius 2 is 1.95 bits per heavy atom. The van der Waals surface area contributed by atoms with E-state index in [9.17, 15) is 19.2 Å². The molecule has 2 heterocycles. The molecule has 3 N–H and O–H groups in total. The standard InChI is InChI=1S/C13H19N3O5/c1-13(11(19)20)4-6-16(7-5-13)12(21)14-8-2-3-9(17)15-10(8)18/h8H,2-7H2,1H3,(H,14,21)(H,19,20)(H,15,17,18). The molecular formula is C13H19N3O5. The van der Waals surface area contributed by atoms with Gasteiger partial charge in [0.15, 0.2) is 0 Å². The Morgan fingerprint density at radius 3 is 2.48 bits per heavy atom. The average Bonchev–Trinajstić information content (AvgIpc) is 2.42. The molecule has 8 nitrogen and oxygen atoms in total. The fourth-order valence-corrected chi connectivity index (χ4v) is 2.49. The molecule has 21 heavy (non-hydrogen) atoms. The molecular weight excluding hydrogens is 278 g/mol. The van der Waals surface area contributed by atoms with Crippen molar-refractivity contribution in [1.29, 1.82) is 0 Å². The topological polar surface area (TPSA) is 116 Å². The van der Waals surface area contributed by atoms with Crippen LogP contribution in [-0.2, 0) is 14.4 Å². The van der Waals surface area contributed by atoms with Gasteiger partial charge < -0.3 is 15.3 Å². The van der Waals surface area contributed by atoms with Gasteiger partial charge in [0, 0.05) is 19.5 Å². The van der Waals surface area contributed by atoms with Crippen LogP contribution in [0.5, 0.6) is 0 Å². The van der Waals surface area contributed by atoms with E-state index in [1.807, 2.05) is 0 Å². The maximum absolute atomic E-state index is 12.1. The van der Waals surface area contributed by atoms with Crippen LogP contribution in [0.25, 0.3) is 0 Å². The van der Waals surface area contributed by atoms with Crippen molar-refractivity contribution >= 4 is 23.8 Å². The lowest BCUT2D eigenvalue weighted by Crippen LogP contribution is -2.56. The minimum atomic E-state index is -0.854. The highest BCUT2D eigenvalue weighted by Crippen LogP contribution is 2.31. The number of carboxylic acid groups (broad SMARTS) is 1. The second kappa shape index (κ2) is 5.71. The quantitative estimate of drug-likeness (QED) is 0.604. The van der Waals surface area contributed by atoms with Gasteiger partial charge in [-0.25, -0.2) is 4.79 Å². The van der Waals surface area contributed by atoms with E-state index in [1.54, 1.807) is 6.92 Å². The molecule has 0 aromatic heterocycles. The number of rotatable bonds is 2. The van der Waals surface area contributed by atoms with E-state index in [0.717, 1.165) is 0 Å². The first-order valence-corrected chi connectivity index (χ1v) is 6.94. The Hall–Kier alpha value is -2.12. The zero-order valence-electron chi connectivity index (χ0n) is 11.8. The van der Waals surface area contributed by atoms with Gasteiger partial charge in [0.2, 0.25) is 11.8 Å². The lowest BCUT2D eigenvalue weighted by molar-refractivity contribution is -0.150. The van der Waals surface area contributed by atoms with E-state index in [4.69, 9.17) is 5.11 Å². The minimum absolute atomic E-state index is 0.202. The Bertz CT molecular complexity index is 482. The molecule has 0 aromatic rings. The predicted octanol–water partition coefficient (Wildman–Crippen LogP) is -0.312. The molecule has 0 radical (unpaired) electrons. The number of nitrogens with one attached hydrogen (secondary N) is 2. The first-order valence-electron chi connectivity index (χ1n) is 6.94. The van der Waals surface area contributed by atoms with Crippen LogP contribution in [0, 0.1) is 5.41 Å². The van der Waals surface area contributed by atoms with Gasteiger partial charge in [-0.05, 0) is 26.2 Å². The number of carbonyl (C=O) groups excluding carboxylic acids is 3. The van der Waals surface area contributed by atoms with Gasteiger partial charge in [-0.15, -0.1) is 0 Å². The maximum Gasteiger partial charge on any atom is 0.318 e. The lowest BCUT2D eigenvalue weighted by atomic mass is 9.80. The van der Waals surface area contributed by atoms with Gasteiger partial charge in [0.25, 0.3) is 0 Å². The first-order chi connectivity index (χ1) is 9.82. The molecule has 2 rings (SSSR count). The van der Waals surface area contributed by atoms with Crippen LogP contribution in [0.15, 0.2) is 0 Å². The van der Waals surface area contributed by atoms with E-state index < -0.39 is 29.4 Å². The van der Waals surface area contributed by atoms with Crippen molar-refractivity contribution in [2.75, 3.05) is 13.1 Å². The van der Waals surface area contributed by atoms with Crippen molar-refractivity contribution in [2.45, 2.75) is 38.6 Å². The molecule has 8 heteroatoms. The molecule has 116 valence electrons. The number of carboxylic acids is 1. The molecule has 1 atom stereocenters. The number of hydrogen-bond acceptors (Lipinski definition) is 4. The summed E-state index contributed by atoms with van der Waals surface area (Å²) in [5.74, 6) is -1.68. The number of carbonyl (C=O) groups is 4. The van der Waals surface area contributed by atoms with E-state index in [2.05, 4.69) is 10.6 Å². The fourth-order valence-electron chi connectivity index (χ4n) is 2.49. The first kappa shape index (κ1) is 15.3. The third kappa shape index (κ3) is 3.32. The van der Waals surface area contributed by atoms with Crippen LogP contribution < -0.4 is 10.6 Å². The van der Waals surface area contributed by atoms with E-state index >= 15 is 0 Å². The number of urea groups is 1. The number of likely N-dealkylation sites (tertiary alicyclic amines) is 1. The minimum Gasteiger partial charge on any atom is -0.481 e. The SMILES string of the molecule is CC1(C(=O)O)CCN(C(=O)NC2CCC(=O)NC2=O)CC1. The Morgan fingerprint density at radius 1 is 1.33 bits per heavy atom. The fraction of sp³-hybridized carbons (Fsp3) is 0.692. The van der Waals surface area contributed by atoms with Crippen LogP contribution >= 0.6 is 0 Å². The van der Waals surface area contributed by atoms with Crippen molar-refractivity contribution in [2.24, 2.45) is 5.41 Å². The van der Waals surface area contributed by atoms with Gasteiger partial charge in [0.1, 0.15) is 6.04 Å². The van der Waals surface area contributed by atoms with Crippen molar-refractivity contribution < 1.29 is 24.3 Å². The normalized spacial score (nSPS) is 25.2. The number of nitrogens with zero attached hydrogens (tertiary/aromatic N) is 1. The highest BCUT2D eigenvalue weighted by atomic mass is 16.4. The smallest absolute Gasteiger partial charge is 0.318 e. The van der Waals surface area contributed by atoms with Gasteiger partial charge in [-0.1, -0.05) is 0 Å². The summed E-state index contributed by atoms with van der Waals surface area (Å²) in [5.41, 5.74) is -0.800. The van der Waals surface area contributed by atoms with E-state index in [1.165, 1.54) is 4.90 Å². The summed E-state index contributed by atoms with van der Waals surface area (Å²) in [4.78, 5) is 47.3. The molecule has 2 saturated heterocycles. The van der Waals surface area contributed by atoms with Gasteiger partial charge in [-0.2, -0.15) is 0 Å². The molecule has 0 bridgehead atoms. The van der Waals surface area contributed by atoms with Crippen molar-refractivity contribution in [3.8, 4) is 0 Å². The summed E-state index contributed by atoms with van der Waals surface area (Å²) < 4.78 is 0. The molecule has 4 amide bonds. The van der Waals surface area contributed by atoms with Crippen LogP contribution in [-0.4, -0.2) is 53.0 Å². The van der Waals surface area contributed by atoms with Crippen molar-refractivity contribution in [3.05, 3.63) is 0 Å². The van der Waals surface area contributed by atoms with Crippen LogP contribution in [0.2, 0.25) is 0 Å². The molecule has 2 fully saturated rings. The summed E-state index contributed by atoms with van der Waals surface area (Å²) in [6, 6.07) is -1.10. The van der Waals surface area contributed by atoms with Crippen LogP contribution in [0.3, 0.4) is 0 Å². The summed E-state index contributed by atoms with van der Waals surface area (Å²) in [5, 5.41) is 13.9. The van der Waals surface area contributed by atoms with Gasteiger partial charge >= 0.3 is 12.0 Å². The predicted molar refractivity (Wildman–Crippen MR) is 71.3 cm³/mol. The van der Waals surface area contributed by atoms with Crippen LogP contribution in [0.4, 0.5) is 4.79 Å². The monoisotopic (exact) mass is 297 g/mol. The van der Waals surface area contributed by atoms with Gasteiger partial charge in [-0.3, -0.25) is 19.7 Å². The number of amides is 4. The highest BCUT2D eigenvalue weighted by Gasteiger charge is 2.38. The number of imide groups is 1. The van der Waals surface area contributed by atoms with E-state index in [-0.39, 0.29) is 18.7 Å². The van der Waals surface area contributed by atoms with Crippen molar-refractivity contribution in [3.63, 3.8) is 0 Å². The van der Waals surface area contributed by atoms with Gasteiger partial charge in [0.05, 0.1) is 5.41 Å². The molecule has 0 saturated carbocycles. The molecule has 0 aromatic carbocycles. The average molecular weight is 297 g/mol. The second-order valence-electron chi connectivity index (χ2n) is 5.81. The summed E-state index contributed by atoms with van der Waals surface area (Å²) >= 11 is 0. The summed E-state index contributed by atoms with van der Waals surface area (Å²) in [7, 11) is 0. The third-order valence-electron chi connectivity index (χ3n) is 4.21. The number of aliphatic carboxylic acids is 1. The molecule has 2 aliphatic heterocycles. The largest absolute Gasteiger partial charge is 0.481 e.